The highest BCUT2D eigenvalue weighted by Gasteiger charge is 2.19. The fourth-order valence-corrected chi connectivity index (χ4v) is 2.07. The number of halogens is 4. The average molecular weight is 346 g/mol. The number of carbonyl (C=O) groups excluding carboxylic acids is 1. The molecule has 0 radical (unpaired) electrons. The van der Waals surface area contributed by atoms with Gasteiger partial charge in [0, 0.05) is 3.57 Å². The van der Waals surface area contributed by atoms with Gasteiger partial charge in [-0.25, -0.2) is 0 Å². The van der Waals surface area contributed by atoms with Gasteiger partial charge in [-0.3, -0.25) is 4.79 Å². The van der Waals surface area contributed by atoms with Gasteiger partial charge in [-0.15, -0.1) is 0 Å². The Hall–Kier alpha value is -0.430. The van der Waals surface area contributed by atoms with Crippen molar-refractivity contribution in [2.45, 2.75) is 13.5 Å². The summed E-state index contributed by atoms with van der Waals surface area (Å²) in [5, 5.41) is 0.000848. The highest BCUT2D eigenvalue weighted by molar-refractivity contribution is 14.1. The lowest BCUT2D eigenvalue weighted by Gasteiger charge is -2.11. The largest absolute Gasteiger partial charge is 0.432 e. The topological polar surface area (TPSA) is 26.3 Å². The Balaban J connectivity index is 3.31. The van der Waals surface area contributed by atoms with E-state index >= 15 is 0 Å². The molecule has 0 heterocycles. The first-order chi connectivity index (χ1) is 6.93. The van der Waals surface area contributed by atoms with Crippen LogP contribution in [0.15, 0.2) is 12.1 Å². The second-order valence-corrected chi connectivity index (χ2v) is 4.24. The summed E-state index contributed by atoms with van der Waals surface area (Å²) in [6.07, 6.45) is 0. The Morgan fingerprint density at radius 2 is 2.13 bits per heavy atom. The molecule has 0 aliphatic rings. The van der Waals surface area contributed by atoms with Gasteiger partial charge in [-0.1, -0.05) is 11.6 Å². The molecule has 2 nitrogen and oxygen atoms in total. The van der Waals surface area contributed by atoms with Gasteiger partial charge in [0.2, 0.25) is 0 Å². The molecule has 1 aromatic carbocycles. The first kappa shape index (κ1) is 12.6. The van der Waals surface area contributed by atoms with Gasteiger partial charge in [0.25, 0.3) is 0 Å². The maximum absolute atomic E-state index is 12.1. The Bertz CT molecular complexity index is 396. The van der Waals surface area contributed by atoms with Crippen LogP contribution in [-0.4, -0.2) is 12.4 Å². The molecule has 0 saturated carbocycles. The van der Waals surface area contributed by atoms with Crippen LogP contribution in [0.5, 0.6) is 5.75 Å². The van der Waals surface area contributed by atoms with Gasteiger partial charge in [0.15, 0.2) is 11.5 Å². The first-order valence-corrected chi connectivity index (χ1v) is 5.33. The lowest BCUT2D eigenvalue weighted by molar-refractivity contribution is -0.0501. The van der Waals surface area contributed by atoms with Crippen LogP contribution in [0, 0.1) is 3.57 Å². The molecule has 0 bridgehead atoms. The minimum atomic E-state index is -3.00. The predicted molar refractivity (Wildman–Crippen MR) is 60.8 cm³/mol. The maximum atomic E-state index is 12.1. The summed E-state index contributed by atoms with van der Waals surface area (Å²) < 4.78 is 28.9. The molecular weight excluding hydrogens is 340 g/mol. The fraction of sp³-hybridized carbons (Fsp3) is 0.222. The monoisotopic (exact) mass is 346 g/mol. The smallest absolute Gasteiger partial charge is 0.387 e. The van der Waals surface area contributed by atoms with E-state index in [4.69, 9.17) is 11.6 Å². The molecule has 0 fully saturated rings. The zero-order valence-corrected chi connectivity index (χ0v) is 10.5. The van der Waals surface area contributed by atoms with Crippen LogP contribution in [0.4, 0.5) is 8.78 Å². The molecule has 0 unspecified atom stereocenters. The van der Waals surface area contributed by atoms with Crippen LogP contribution in [0.1, 0.15) is 17.3 Å². The van der Waals surface area contributed by atoms with Gasteiger partial charge in [0.1, 0.15) is 0 Å². The summed E-state index contributed by atoms with van der Waals surface area (Å²) in [6.45, 7) is -1.73. The lowest BCUT2D eigenvalue weighted by atomic mass is 10.1. The maximum Gasteiger partial charge on any atom is 0.387 e. The van der Waals surface area contributed by atoms with Crippen molar-refractivity contribution in [3.05, 3.63) is 26.3 Å². The number of carbonyl (C=O) groups is 1. The molecule has 6 heteroatoms. The van der Waals surface area contributed by atoms with Crippen molar-refractivity contribution >= 4 is 40.0 Å². The van der Waals surface area contributed by atoms with Gasteiger partial charge >= 0.3 is 6.61 Å². The van der Waals surface area contributed by atoms with Crippen molar-refractivity contribution in [2.75, 3.05) is 0 Å². The predicted octanol–water partition coefficient (Wildman–Crippen LogP) is 3.75. The molecule has 15 heavy (non-hydrogen) atoms. The van der Waals surface area contributed by atoms with E-state index < -0.39 is 6.61 Å². The molecule has 0 aromatic heterocycles. The SMILES string of the molecule is CC(=O)c1c(I)ccc(Cl)c1OC(F)F. The number of alkyl halides is 2. The van der Waals surface area contributed by atoms with Crippen molar-refractivity contribution in [2.24, 2.45) is 0 Å². The standard InChI is InChI=1S/C9H6ClF2IO2/c1-4(14)7-6(13)3-2-5(10)8(7)15-9(11)12/h2-3,9H,1H3. The number of ketones is 1. The molecule has 82 valence electrons. The molecule has 0 N–H and O–H groups in total. The van der Waals surface area contributed by atoms with E-state index in [-0.39, 0.29) is 22.1 Å². The van der Waals surface area contributed by atoms with Crippen molar-refractivity contribution in [1.82, 2.24) is 0 Å². The summed E-state index contributed by atoms with van der Waals surface area (Å²) in [6, 6.07) is 2.98. The third kappa shape index (κ3) is 3.01. The Morgan fingerprint density at radius 3 is 2.60 bits per heavy atom. The van der Waals surface area contributed by atoms with Crippen molar-refractivity contribution < 1.29 is 18.3 Å². The van der Waals surface area contributed by atoms with E-state index in [2.05, 4.69) is 4.74 Å². The summed E-state index contributed by atoms with van der Waals surface area (Å²) in [7, 11) is 0. The highest BCUT2D eigenvalue weighted by atomic mass is 127. The second-order valence-electron chi connectivity index (χ2n) is 2.67. The summed E-state index contributed by atoms with van der Waals surface area (Å²) >= 11 is 7.54. The van der Waals surface area contributed by atoms with Crippen LogP contribution in [-0.2, 0) is 0 Å². The van der Waals surface area contributed by atoms with Gasteiger partial charge in [-0.2, -0.15) is 8.78 Å². The number of benzene rings is 1. The normalized spacial score (nSPS) is 10.5. The van der Waals surface area contributed by atoms with Gasteiger partial charge < -0.3 is 4.74 Å². The van der Waals surface area contributed by atoms with E-state index in [0.29, 0.717) is 3.57 Å². The number of Topliss-reactive ketones (excluding diaryl/α,β-unsaturated/α-hetero) is 1. The third-order valence-corrected chi connectivity index (χ3v) is 2.81. The molecule has 0 aliphatic carbocycles. The Kier molecular flexibility index (Phi) is 4.27. The van der Waals surface area contributed by atoms with E-state index in [1.165, 1.54) is 13.0 Å². The molecule has 0 saturated heterocycles. The minimum absolute atomic E-state index is 0.000848. The van der Waals surface area contributed by atoms with E-state index in [0.717, 1.165) is 0 Å². The van der Waals surface area contributed by atoms with Crippen LogP contribution in [0.3, 0.4) is 0 Å². The van der Waals surface area contributed by atoms with E-state index in [1.54, 1.807) is 6.07 Å². The van der Waals surface area contributed by atoms with Crippen LogP contribution < -0.4 is 4.74 Å². The van der Waals surface area contributed by atoms with E-state index in [1.807, 2.05) is 22.6 Å². The Morgan fingerprint density at radius 1 is 1.53 bits per heavy atom. The molecule has 1 rings (SSSR count). The molecular formula is C9H6ClF2IO2. The summed E-state index contributed by atoms with van der Waals surface area (Å²) in [4.78, 5) is 11.2. The van der Waals surface area contributed by atoms with Crippen LogP contribution >= 0.6 is 34.2 Å². The second kappa shape index (κ2) is 5.07. The van der Waals surface area contributed by atoms with Gasteiger partial charge in [-0.05, 0) is 41.6 Å². The van der Waals surface area contributed by atoms with E-state index in [9.17, 15) is 13.6 Å². The molecule has 0 amide bonds. The highest BCUT2D eigenvalue weighted by Crippen LogP contribution is 2.33. The van der Waals surface area contributed by atoms with Crippen LogP contribution in [0.2, 0.25) is 5.02 Å². The fourth-order valence-electron chi connectivity index (χ4n) is 1.07. The summed E-state index contributed by atoms with van der Waals surface area (Å²) in [5.74, 6) is -0.622. The van der Waals surface area contributed by atoms with Gasteiger partial charge in [0.05, 0.1) is 10.6 Å². The minimum Gasteiger partial charge on any atom is -0.432 e. The Labute approximate surface area is 104 Å². The third-order valence-electron chi connectivity index (χ3n) is 1.62. The van der Waals surface area contributed by atoms with Crippen molar-refractivity contribution in [3.8, 4) is 5.75 Å². The summed E-state index contributed by atoms with van der Waals surface area (Å²) in [5.41, 5.74) is 0.0865. The van der Waals surface area contributed by atoms with Crippen LogP contribution in [0.25, 0.3) is 0 Å². The number of hydrogen-bond acceptors (Lipinski definition) is 2. The number of ether oxygens (including phenoxy) is 1. The zero-order valence-electron chi connectivity index (χ0n) is 7.56. The molecule has 0 spiro atoms. The number of hydrogen-bond donors (Lipinski definition) is 0. The zero-order chi connectivity index (χ0) is 11.6. The quantitative estimate of drug-likeness (QED) is 0.615. The van der Waals surface area contributed by atoms with Crippen molar-refractivity contribution in [1.29, 1.82) is 0 Å². The first-order valence-electron chi connectivity index (χ1n) is 3.87. The van der Waals surface area contributed by atoms with Crippen molar-refractivity contribution in [3.63, 3.8) is 0 Å². The lowest BCUT2D eigenvalue weighted by Crippen LogP contribution is -2.08. The number of rotatable bonds is 3. The molecule has 1 aromatic rings. The molecule has 0 aliphatic heterocycles. The average Bonchev–Trinajstić information content (AvgIpc) is 2.10. The molecule has 0 atom stereocenters.